The fourth-order valence-electron chi connectivity index (χ4n) is 2.93. The Morgan fingerprint density at radius 2 is 1.80 bits per heavy atom. The zero-order valence-electron chi connectivity index (χ0n) is 14.1. The number of rotatable bonds is 4. The van der Waals surface area contributed by atoms with Crippen LogP contribution in [0.3, 0.4) is 0 Å². The van der Waals surface area contributed by atoms with Gasteiger partial charge >= 0.3 is 6.03 Å². The molecule has 2 aromatic carbocycles. The summed E-state index contributed by atoms with van der Waals surface area (Å²) in [7, 11) is 1.58. The maximum atomic E-state index is 12.6. The number of urea groups is 1. The Kier molecular flexibility index (Phi) is 5.18. The second-order valence-electron chi connectivity index (χ2n) is 5.87. The van der Waals surface area contributed by atoms with Crippen LogP contribution < -0.4 is 15.4 Å². The van der Waals surface area contributed by atoms with Crippen molar-refractivity contribution in [2.45, 2.75) is 18.9 Å². The molecule has 2 N–H and O–H groups in total. The van der Waals surface area contributed by atoms with Gasteiger partial charge in [0.25, 0.3) is 0 Å². The SMILES string of the molecule is COc1cccc(NC(=O)[C@H]2CCCN2C(=O)Nc2ccccc2)c1. The number of hydrogen-bond donors (Lipinski definition) is 2. The van der Waals surface area contributed by atoms with E-state index in [0.29, 0.717) is 30.1 Å². The van der Waals surface area contributed by atoms with E-state index in [1.165, 1.54) is 0 Å². The highest BCUT2D eigenvalue weighted by Crippen LogP contribution is 2.22. The van der Waals surface area contributed by atoms with Gasteiger partial charge in [-0.3, -0.25) is 4.79 Å². The summed E-state index contributed by atoms with van der Waals surface area (Å²) in [4.78, 5) is 26.7. The Bertz CT molecular complexity index is 749. The zero-order chi connectivity index (χ0) is 17.6. The van der Waals surface area contributed by atoms with E-state index >= 15 is 0 Å². The lowest BCUT2D eigenvalue weighted by Gasteiger charge is -2.24. The van der Waals surface area contributed by atoms with Crippen molar-refractivity contribution < 1.29 is 14.3 Å². The maximum Gasteiger partial charge on any atom is 0.322 e. The van der Waals surface area contributed by atoms with Crippen LogP contribution >= 0.6 is 0 Å². The summed E-state index contributed by atoms with van der Waals surface area (Å²) in [5, 5.41) is 5.70. The van der Waals surface area contributed by atoms with Gasteiger partial charge in [-0.15, -0.1) is 0 Å². The summed E-state index contributed by atoms with van der Waals surface area (Å²) in [5.41, 5.74) is 1.37. The number of methoxy groups -OCH3 is 1. The highest BCUT2D eigenvalue weighted by molar-refractivity contribution is 5.99. The van der Waals surface area contributed by atoms with Crippen molar-refractivity contribution in [2.24, 2.45) is 0 Å². The number of benzene rings is 2. The third kappa shape index (κ3) is 4.09. The van der Waals surface area contributed by atoms with Gasteiger partial charge in [0.15, 0.2) is 0 Å². The molecule has 1 aliphatic heterocycles. The van der Waals surface area contributed by atoms with Gasteiger partial charge in [0, 0.05) is 24.0 Å². The molecule has 1 fully saturated rings. The summed E-state index contributed by atoms with van der Waals surface area (Å²) in [6.07, 6.45) is 1.45. The Labute approximate surface area is 146 Å². The Morgan fingerprint density at radius 1 is 1.04 bits per heavy atom. The Hall–Kier alpha value is -3.02. The normalized spacial score (nSPS) is 16.4. The van der Waals surface area contributed by atoms with E-state index in [1.807, 2.05) is 42.5 Å². The van der Waals surface area contributed by atoms with Gasteiger partial charge in [-0.1, -0.05) is 24.3 Å². The van der Waals surface area contributed by atoms with E-state index in [1.54, 1.807) is 24.1 Å². The van der Waals surface area contributed by atoms with Crippen molar-refractivity contribution in [1.82, 2.24) is 4.90 Å². The second-order valence-corrected chi connectivity index (χ2v) is 5.87. The number of nitrogens with one attached hydrogen (secondary N) is 2. The molecule has 2 aromatic rings. The third-order valence-corrected chi connectivity index (χ3v) is 4.18. The average molecular weight is 339 g/mol. The number of carbonyl (C=O) groups excluding carboxylic acids is 2. The molecule has 0 spiro atoms. The van der Waals surface area contributed by atoms with Crippen molar-refractivity contribution >= 4 is 23.3 Å². The van der Waals surface area contributed by atoms with Crippen LogP contribution in [0.1, 0.15) is 12.8 Å². The van der Waals surface area contributed by atoms with Crippen LogP contribution in [0.15, 0.2) is 54.6 Å². The molecule has 1 heterocycles. The summed E-state index contributed by atoms with van der Waals surface area (Å²) >= 11 is 0. The fraction of sp³-hybridized carbons (Fsp3) is 0.263. The first-order chi connectivity index (χ1) is 12.2. The van der Waals surface area contributed by atoms with E-state index in [0.717, 1.165) is 6.42 Å². The van der Waals surface area contributed by atoms with Crippen LogP contribution in [0.4, 0.5) is 16.2 Å². The van der Waals surface area contributed by atoms with E-state index in [-0.39, 0.29) is 11.9 Å². The molecule has 25 heavy (non-hydrogen) atoms. The van der Waals surface area contributed by atoms with Crippen molar-refractivity contribution in [3.8, 4) is 5.75 Å². The molecular weight excluding hydrogens is 318 g/mol. The van der Waals surface area contributed by atoms with Gasteiger partial charge in [-0.25, -0.2) is 4.79 Å². The summed E-state index contributed by atoms with van der Waals surface area (Å²) in [5.74, 6) is 0.483. The number of hydrogen-bond acceptors (Lipinski definition) is 3. The topological polar surface area (TPSA) is 70.7 Å². The van der Waals surface area contributed by atoms with Crippen LogP contribution in [0.25, 0.3) is 0 Å². The number of carbonyl (C=O) groups is 2. The molecule has 0 unspecified atom stereocenters. The van der Waals surface area contributed by atoms with Gasteiger partial charge in [0.05, 0.1) is 7.11 Å². The molecule has 1 saturated heterocycles. The van der Waals surface area contributed by atoms with Crippen LogP contribution in [0.5, 0.6) is 5.75 Å². The number of para-hydroxylation sites is 1. The lowest BCUT2D eigenvalue weighted by Crippen LogP contribution is -2.45. The van der Waals surface area contributed by atoms with Crippen molar-refractivity contribution in [2.75, 3.05) is 24.3 Å². The molecule has 0 radical (unpaired) electrons. The van der Waals surface area contributed by atoms with Crippen LogP contribution in [0.2, 0.25) is 0 Å². The van der Waals surface area contributed by atoms with E-state index in [4.69, 9.17) is 4.74 Å². The second kappa shape index (κ2) is 7.70. The molecule has 1 aliphatic rings. The van der Waals surface area contributed by atoms with E-state index in [2.05, 4.69) is 10.6 Å². The van der Waals surface area contributed by atoms with Crippen LogP contribution in [0, 0.1) is 0 Å². The van der Waals surface area contributed by atoms with Gasteiger partial charge in [0.2, 0.25) is 5.91 Å². The van der Waals surface area contributed by atoms with Crippen molar-refractivity contribution in [3.05, 3.63) is 54.6 Å². The van der Waals surface area contributed by atoms with Gasteiger partial charge in [0.1, 0.15) is 11.8 Å². The zero-order valence-corrected chi connectivity index (χ0v) is 14.1. The lowest BCUT2D eigenvalue weighted by molar-refractivity contribution is -0.119. The monoisotopic (exact) mass is 339 g/mol. The lowest BCUT2D eigenvalue weighted by atomic mass is 10.2. The smallest absolute Gasteiger partial charge is 0.322 e. The number of likely N-dealkylation sites (tertiary alicyclic amines) is 1. The standard InChI is InChI=1S/C19H21N3O3/c1-25-16-10-5-9-15(13-16)20-18(23)17-11-6-12-22(17)19(24)21-14-7-3-2-4-8-14/h2-5,7-10,13,17H,6,11-12H2,1H3,(H,20,23)(H,21,24)/t17-/m1/s1. The molecule has 6 nitrogen and oxygen atoms in total. The van der Waals surface area contributed by atoms with Crippen molar-refractivity contribution in [3.63, 3.8) is 0 Å². The highest BCUT2D eigenvalue weighted by atomic mass is 16.5. The van der Waals surface area contributed by atoms with E-state index < -0.39 is 6.04 Å². The predicted molar refractivity (Wildman–Crippen MR) is 96.8 cm³/mol. The largest absolute Gasteiger partial charge is 0.497 e. The molecule has 0 bridgehead atoms. The summed E-state index contributed by atoms with van der Waals surface area (Å²) < 4.78 is 5.16. The molecule has 3 rings (SSSR count). The van der Waals surface area contributed by atoms with Gasteiger partial charge in [-0.2, -0.15) is 0 Å². The molecular formula is C19H21N3O3. The minimum absolute atomic E-state index is 0.186. The first-order valence-corrected chi connectivity index (χ1v) is 8.25. The average Bonchev–Trinajstić information content (AvgIpc) is 3.13. The van der Waals surface area contributed by atoms with E-state index in [9.17, 15) is 9.59 Å². The van der Waals surface area contributed by atoms with Crippen molar-refractivity contribution in [1.29, 1.82) is 0 Å². The minimum Gasteiger partial charge on any atom is -0.497 e. The highest BCUT2D eigenvalue weighted by Gasteiger charge is 2.34. The predicted octanol–water partition coefficient (Wildman–Crippen LogP) is 3.33. The molecule has 0 aromatic heterocycles. The molecule has 6 heteroatoms. The molecule has 130 valence electrons. The summed E-state index contributed by atoms with van der Waals surface area (Å²) in [6.45, 7) is 0.564. The third-order valence-electron chi connectivity index (χ3n) is 4.18. The van der Waals surface area contributed by atoms with Gasteiger partial charge < -0.3 is 20.3 Å². The fourth-order valence-corrected chi connectivity index (χ4v) is 2.93. The first kappa shape index (κ1) is 16.8. The minimum atomic E-state index is -0.477. The van der Waals surface area contributed by atoms with Crippen LogP contribution in [-0.4, -0.2) is 36.5 Å². The number of anilines is 2. The molecule has 1 atom stereocenters. The van der Waals surface area contributed by atoms with Crippen LogP contribution in [-0.2, 0) is 4.79 Å². The number of amides is 3. The molecule has 0 saturated carbocycles. The summed E-state index contributed by atoms with van der Waals surface area (Å²) in [6, 6.07) is 15.7. The Balaban J connectivity index is 1.65. The number of ether oxygens (including phenoxy) is 1. The first-order valence-electron chi connectivity index (χ1n) is 8.25. The molecule has 0 aliphatic carbocycles. The number of nitrogens with zero attached hydrogens (tertiary/aromatic N) is 1. The molecule has 3 amide bonds. The Morgan fingerprint density at radius 3 is 2.56 bits per heavy atom. The quantitative estimate of drug-likeness (QED) is 0.897. The van der Waals surface area contributed by atoms with Gasteiger partial charge in [-0.05, 0) is 37.1 Å². The maximum absolute atomic E-state index is 12.6.